The lowest BCUT2D eigenvalue weighted by molar-refractivity contribution is -0.697. The lowest BCUT2D eigenvalue weighted by Gasteiger charge is -2.16. The van der Waals surface area contributed by atoms with E-state index in [0.29, 0.717) is 23.9 Å². The number of carbonyl (C=O) groups excluding carboxylic acids is 1. The van der Waals surface area contributed by atoms with Crippen molar-refractivity contribution in [1.82, 2.24) is 4.57 Å². The Balaban J connectivity index is 1.76. The average molecular weight is 375 g/mol. The van der Waals surface area contributed by atoms with Gasteiger partial charge < -0.3 is 9.30 Å². The molecule has 2 aromatic heterocycles. The van der Waals surface area contributed by atoms with Crippen molar-refractivity contribution >= 4 is 34.3 Å². The Hall–Kier alpha value is -2.17. The predicted octanol–water partition coefficient (Wildman–Crippen LogP) is 3.30. The van der Waals surface area contributed by atoms with Gasteiger partial charge in [0.25, 0.3) is 4.87 Å². The number of carbonyl (C=O) groups is 1. The Morgan fingerprint density at radius 1 is 1.28 bits per heavy atom. The van der Waals surface area contributed by atoms with Crippen molar-refractivity contribution in [3.8, 4) is 0 Å². The quantitative estimate of drug-likeness (QED) is 0.323. The van der Waals surface area contributed by atoms with E-state index in [1.807, 2.05) is 59.7 Å². The normalized spacial score (nSPS) is 12.8. The number of hydrogen-bond donors (Lipinski definition) is 0. The minimum absolute atomic E-state index is 0.194. The van der Waals surface area contributed by atoms with Crippen molar-refractivity contribution in [1.29, 1.82) is 0 Å². The molecule has 5 nitrogen and oxygen atoms in total. The SMILES string of the molecule is [C-]#[N+]C(C)(CCC(=O)OCC[n+]1ccccc1)SC(=S)n1cccc1. The molecule has 1 unspecified atom stereocenters. The van der Waals surface area contributed by atoms with Gasteiger partial charge in [-0.25, -0.2) is 11.1 Å². The average Bonchev–Trinajstić information content (AvgIpc) is 3.16. The summed E-state index contributed by atoms with van der Waals surface area (Å²) in [7, 11) is 0. The van der Waals surface area contributed by atoms with Crippen LogP contribution >= 0.6 is 24.0 Å². The summed E-state index contributed by atoms with van der Waals surface area (Å²) in [4.78, 5) is 14.8. The fourth-order valence-corrected chi connectivity index (χ4v) is 3.59. The second-order valence-corrected chi connectivity index (χ2v) is 7.69. The highest BCUT2D eigenvalue weighted by molar-refractivity contribution is 8.23. The molecule has 2 heterocycles. The Kier molecular flexibility index (Phi) is 7.16. The lowest BCUT2D eigenvalue weighted by atomic mass is 10.2. The van der Waals surface area contributed by atoms with Gasteiger partial charge in [0.05, 0.1) is 6.42 Å². The van der Waals surface area contributed by atoms with Gasteiger partial charge in [-0.3, -0.25) is 9.64 Å². The molecule has 0 aliphatic heterocycles. The monoisotopic (exact) mass is 374 g/mol. The van der Waals surface area contributed by atoms with Crippen LogP contribution in [-0.2, 0) is 16.1 Å². The first-order valence-corrected chi connectivity index (χ1v) is 9.09. The zero-order valence-corrected chi connectivity index (χ0v) is 15.6. The van der Waals surface area contributed by atoms with Crippen molar-refractivity contribution in [2.75, 3.05) is 6.61 Å². The fourth-order valence-electron chi connectivity index (χ4n) is 2.08. The molecule has 2 aromatic rings. The zero-order valence-electron chi connectivity index (χ0n) is 14.0. The molecule has 0 aliphatic carbocycles. The van der Waals surface area contributed by atoms with Gasteiger partial charge in [0.15, 0.2) is 29.9 Å². The molecule has 1 atom stereocenters. The third-order valence-electron chi connectivity index (χ3n) is 3.54. The maximum Gasteiger partial charge on any atom is 0.306 e. The van der Waals surface area contributed by atoms with Crippen LogP contribution in [0, 0.1) is 6.57 Å². The highest BCUT2D eigenvalue weighted by atomic mass is 32.2. The van der Waals surface area contributed by atoms with Crippen LogP contribution in [-0.4, -0.2) is 26.3 Å². The standard InChI is InChI=1S/C18H20N3O2S2/c1-18(19-2,25-17(24)21-12-6-7-13-21)9-8-16(22)23-15-14-20-10-4-3-5-11-20/h3-7,10-13H,8-9,14-15H2,1H3/q+1. The van der Waals surface area contributed by atoms with Gasteiger partial charge in [-0.05, 0) is 23.9 Å². The molecular formula is C18H20N3O2S2+. The number of hydrogen-bond acceptors (Lipinski definition) is 4. The summed E-state index contributed by atoms with van der Waals surface area (Å²) in [6.07, 6.45) is 8.11. The molecule has 7 heteroatoms. The van der Waals surface area contributed by atoms with E-state index >= 15 is 0 Å². The molecule has 0 aromatic carbocycles. The second-order valence-electron chi connectivity index (χ2n) is 5.58. The number of ether oxygens (including phenoxy) is 1. The van der Waals surface area contributed by atoms with Gasteiger partial charge in [-0.15, -0.1) is 0 Å². The lowest BCUT2D eigenvalue weighted by Crippen LogP contribution is -2.35. The maximum absolute atomic E-state index is 11.9. The van der Waals surface area contributed by atoms with Gasteiger partial charge in [-0.2, -0.15) is 0 Å². The van der Waals surface area contributed by atoms with Crippen LogP contribution in [0.2, 0.25) is 0 Å². The summed E-state index contributed by atoms with van der Waals surface area (Å²) in [5.41, 5.74) is 0. The third kappa shape index (κ3) is 6.33. The van der Waals surface area contributed by atoms with Crippen LogP contribution in [0.25, 0.3) is 4.85 Å². The number of thiocarbonyl (C=S) groups is 1. The number of esters is 1. The summed E-state index contributed by atoms with van der Waals surface area (Å²) in [6.45, 7) is 10.2. The van der Waals surface area contributed by atoms with Crippen LogP contribution in [0.1, 0.15) is 19.8 Å². The van der Waals surface area contributed by atoms with Gasteiger partial charge in [0.1, 0.15) is 0 Å². The van der Waals surface area contributed by atoms with E-state index in [1.54, 1.807) is 11.5 Å². The molecule has 0 saturated heterocycles. The largest absolute Gasteiger partial charge is 0.459 e. The Morgan fingerprint density at radius 3 is 2.60 bits per heavy atom. The van der Waals surface area contributed by atoms with Crippen molar-refractivity contribution in [2.24, 2.45) is 0 Å². The first kappa shape index (κ1) is 19.2. The number of pyridine rings is 1. The summed E-state index contributed by atoms with van der Waals surface area (Å²) in [5.74, 6) is -0.293. The van der Waals surface area contributed by atoms with Gasteiger partial charge >= 0.3 is 5.97 Å². The van der Waals surface area contributed by atoms with E-state index in [4.69, 9.17) is 23.5 Å². The number of nitrogens with zero attached hydrogens (tertiary/aromatic N) is 3. The van der Waals surface area contributed by atoms with E-state index in [2.05, 4.69) is 4.85 Å². The molecule has 0 saturated carbocycles. The van der Waals surface area contributed by atoms with Crippen LogP contribution in [0.3, 0.4) is 0 Å². The van der Waals surface area contributed by atoms with E-state index in [9.17, 15) is 4.79 Å². The molecule has 0 spiro atoms. The van der Waals surface area contributed by atoms with E-state index in [1.165, 1.54) is 11.8 Å². The molecule has 0 fully saturated rings. The van der Waals surface area contributed by atoms with Gasteiger partial charge in [0.2, 0.25) is 0 Å². The van der Waals surface area contributed by atoms with Crippen molar-refractivity contribution in [2.45, 2.75) is 31.2 Å². The van der Waals surface area contributed by atoms with E-state index in [0.717, 1.165) is 0 Å². The van der Waals surface area contributed by atoms with Gasteiger partial charge in [0, 0.05) is 37.9 Å². The number of thioether (sulfide) groups is 1. The fraction of sp³-hybridized carbons (Fsp3) is 0.333. The minimum Gasteiger partial charge on any atom is -0.459 e. The maximum atomic E-state index is 11.9. The topological polar surface area (TPSA) is 39.5 Å². The second kappa shape index (κ2) is 9.35. The molecule has 0 aliphatic rings. The minimum atomic E-state index is -0.783. The van der Waals surface area contributed by atoms with Crippen LogP contribution in [0.15, 0.2) is 55.1 Å². The molecule has 2 rings (SSSR count). The zero-order chi connectivity index (χ0) is 18.1. The van der Waals surface area contributed by atoms with Crippen LogP contribution in [0.4, 0.5) is 0 Å². The Labute approximate surface area is 157 Å². The molecular weight excluding hydrogens is 354 g/mol. The molecule has 0 radical (unpaired) electrons. The van der Waals surface area contributed by atoms with E-state index in [-0.39, 0.29) is 12.4 Å². The highest BCUT2D eigenvalue weighted by Gasteiger charge is 2.34. The smallest absolute Gasteiger partial charge is 0.306 e. The number of aromatic nitrogens is 2. The highest BCUT2D eigenvalue weighted by Crippen LogP contribution is 2.33. The van der Waals surface area contributed by atoms with Crippen molar-refractivity contribution in [3.05, 3.63) is 66.5 Å². The Bertz CT molecular complexity index is 741. The molecule has 0 amide bonds. The third-order valence-corrected chi connectivity index (χ3v) is 5.12. The van der Waals surface area contributed by atoms with E-state index < -0.39 is 4.87 Å². The predicted molar refractivity (Wildman–Crippen MR) is 102 cm³/mol. The molecule has 25 heavy (non-hydrogen) atoms. The van der Waals surface area contributed by atoms with Crippen molar-refractivity contribution < 1.29 is 14.1 Å². The molecule has 130 valence electrons. The van der Waals surface area contributed by atoms with Crippen LogP contribution in [0.5, 0.6) is 0 Å². The van der Waals surface area contributed by atoms with Gasteiger partial charge in [-0.1, -0.05) is 18.3 Å². The number of rotatable bonds is 7. The summed E-state index contributed by atoms with van der Waals surface area (Å²) >= 11 is 6.65. The molecule has 0 N–H and O–H groups in total. The summed E-state index contributed by atoms with van der Waals surface area (Å²) < 4.78 is 9.58. The molecule has 0 bridgehead atoms. The summed E-state index contributed by atoms with van der Waals surface area (Å²) in [5, 5.41) is 0. The summed E-state index contributed by atoms with van der Waals surface area (Å²) in [6, 6.07) is 9.54. The first-order valence-electron chi connectivity index (χ1n) is 7.87. The van der Waals surface area contributed by atoms with Crippen molar-refractivity contribution in [3.63, 3.8) is 0 Å². The Morgan fingerprint density at radius 2 is 1.96 bits per heavy atom. The van der Waals surface area contributed by atoms with Crippen LogP contribution < -0.4 is 4.57 Å². The first-order chi connectivity index (χ1) is 12.0.